The highest BCUT2D eigenvalue weighted by atomic mass is 32.2. The van der Waals surface area contributed by atoms with Crippen molar-refractivity contribution < 1.29 is 22.3 Å². The Labute approximate surface area is 127 Å². The lowest BCUT2D eigenvalue weighted by Crippen LogP contribution is -2.23. The minimum Gasteiger partial charge on any atom is -0.454 e. The highest BCUT2D eigenvalue weighted by Crippen LogP contribution is 2.32. The molecule has 2 aromatic carbocycles. The quantitative estimate of drug-likeness (QED) is 0.938. The van der Waals surface area contributed by atoms with Crippen LogP contribution in [0.1, 0.15) is 11.1 Å². The maximum absolute atomic E-state index is 13.5. The molecule has 0 spiro atoms. The molecule has 1 heterocycles. The highest BCUT2D eigenvalue weighted by molar-refractivity contribution is 7.89. The molecule has 0 saturated heterocycles. The van der Waals surface area contributed by atoms with Gasteiger partial charge < -0.3 is 9.47 Å². The molecule has 2 aromatic rings. The Kier molecular flexibility index (Phi) is 3.76. The lowest BCUT2D eigenvalue weighted by Gasteiger charge is -2.08. The Balaban J connectivity index is 1.76. The molecule has 1 aliphatic heterocycles. The van der Waals surface area contributed by atoms with Gasteiger partial charge in [-0.15, -0.1) is 0 Å². The lowest BCUT2D eigenvalue weighted by molar-refractivity contribution is 0.174. The van der Waals surface area contributed by atoms with Crippen LogP contribution in [0.25, 0.3) is 0 Å². The second-order valence-corrected chi connectivity index (χ2v) is 6.69. The van der Waals surface area contributed by atoms with Crippen LogP contribution >= 0.6 is 0 Å². The van der Waals surface area contributed by atoms with Crippen LogP contribution in [-0.4, -0.2) is 15.2 Å². The van der Waals surface area contributed by atoms with Crippen molar-refractivity contribution in [3.8, 4) is 11.5 Å². The normalized spacial score (nSPS) is 13.4. The molecule has 0 bridgehead atoms. The van der Waals surface area contributed by atoms with Crippen molar-refractivity contribution >= 4 is 10.0 Å². The predicted octanol–water partition coefficient (Wildman–Crippen LogP) is 2.34. The van der Waals surface area contributed by atoms with Crippen molar-refractivity contribution in [2.45, 2.75) is 18.4 Å². The highest BCUT2D eigenvalue weighted by Gasteiger charge is 2.17. The van der Waals surface area contributed by atoms with Gasteiger partial charge in [-0.3, -0.25) is 0 Å². The SMILES string of the molecule is Cc1ccc(S(=O)(=O)NCc2ccc3c(c2)OCO3)cc1F. The van der Waals surface area contributed by atoms with E-state index in [-0.39, 0.29) is 18.2 Å². The van der Waals surface area contributed by atoms with Gasteiger partial charge in [0.2, 0.25) is 16.8 Å². The van der Waals surface area contributed by atoms with Gasteiger partial charge in [0, 0.05) is 6.54 Å². The Hall–Kier alpha value is -2.12. The molecule has 22 heavy (non-hydrogen) atoms. The molecule has 7 heteroatoms. The Morgan fingerprint density at radius 3 is 2.68 bits per heavy atom. The fraction of sp³-hybridized carbons (Fsp3) is 0.200. The first-order valence-electron chi connectivity index (χ1n) is 6.60. The molecular formula is C15H14FNO4S. The van der Waals surface area contributed by atoms with Crippen LogP contribution in [0.3, 0.4) is 0 Å². The number of rotatable bonds is 4. The summed E-state index contributed by atoms with van der Waals surface area (Å²) in [5.41, 5.74) is 1.12. The Morgan fingerprint density at radius 1 is 1.14 bits per heavy atom. The lowest BCUT2D eigenvalue weighted by atomic mass is 10.2. The predicted molar refractivity (Wildman–Crippen MR) is 77.7 cm³/mol. The van der Waals surface area contributed by atoms with E-state index in [2.05, 4.69) is 4.72 Å². The molecule has 1 aliphatic rings. The van der Waals surface area contributed by atoms with Gasteiger partial charge in [0.15, 0.2) is 11.5 Å². The minimum absolute atomic E-state index is 0.0778. The fourth-order valence-electron chi connectivity index (χ4n) is 2.05. The first kappa shape index (κ1) is 14.8. The maximum atomic E-state index is 13.5. The fourth-order valence-corrected chi connectivity index (χ4v) is 3.08. The monoisotopic (exact) mass is 323 g/mol. The number of nitrogens with one attached hydrogen (secondary N) is 1. The van der Waals surface area contributed by atoms with Gasteiger partial charge in [-0.25, -0.2) is 17.5 Å². The third-order valence-electron chi connectivity index (χ3n) is 3.36. The number of ether oxygens (including phenoxy) is 2. The second kappa shape index (κ2) is 5.58. The van der Waals surface area contributed by atoms with Gasteiger partial charge in [-0.1, -0.05) is 12.1 Å². The zero-order valence-electron chi connectivity index (χ0n) is 11.8. The van der Waals surface area contributed by atoms with Crippen molar-refractivity contribution in [2.24, 2.45) is 0 Å². The summed E-state index contributed by atoms with van der Waals surface area (Å²) in [5.74, 6) is 0.663. The molecule has 0 amide bonds. The van der Waals surface area contributed by atoms with Crippen molar-refractivity contribution in [2.75, 3.05) is 6.79 Å². The average Bonchev–Trinajstić information content (AvgIpc) is 2.95. The molecule has 0 aromatic heterocycles. The number of fused-ring (bicyclic) bond motifs is 1. The topological polar surface area (TPSA) is 64.6 Å². The van der Waals surface area contributed by atoms with E-state index >= 15 is 0 Å². The molecule has 0 unspecified atom stereocenters. The summed E-state index contributed by atoms with van der Waals surface area (Å²) in [4.78, 5) is -0.101. The van der Waals surface area contributed by atoms with Crippen LogP contribution in [0.15, 0.2) is 41.3 Å². The van der Waals surface area contributed by atoms with Crippen LogP contribution in [0.4, 0.5) is 4.39 Å². The molecule has 1 N–H and O–H groups in total. The largest absolute Gasteiger partial charge is 0.454 e. The van der Waals surface area contributed by atoms with Crippen LogP contribution in [-0.2, 0) is 16.6 Å². The van der Waals surface area contributed by atoms with E-state index in [0.29, 0.717) is 17.1 Å². The number of halogens is 1. The minimum atomic E-state index is -3.77. The Morgan fingerprint density at radius 2 is 1.91 bits per heavy atom. The third-order valence-corrected chi connectivity index (χ3v) is 4.76. The summed E-state index contributed by atoms with van der Waals surface area (Å²) in [7, 11) is -3.77. The van der Waals surface area contributed by atoms with Crippen molar-refractivity contribution in [1.82, 2.24) is 4.72 Å². The van der Waals surface area contributed by atoms with Gasteiger partial charge in [0.25, 0.3) is 0 Å². The first-order chi connectivity index (χ1) is 10.5. The molecule has 0 saturated carbocycles. The van der Waals surface area contributed by atoms with E-state index in [1.165, 1.54) is 12.1 Å². The van der Waals surface area contributed by atoms with Gasteiger partial charge in [-0.05, 0) is 42.3 Å². The first-order valence-corrected chi connectivity index (χ1v) is 8.08. The molecule has 0 aliphatic carbocycles. The van der Waals surface area contributed by atoms with Crippen molar-refractivity contribution in [3.05, 3.63) is 53.3 Å². The summed E-state index contributed by atoms with van der Waals surface area (Å²) >= 11 is 0. The number of hydrogen-bond acceptors (Lipinski definition) is 4. The maximum Gasteiger partial charge on any atom is 0.240 e. The zero-order valence-corrected chi connectivity index (χ0v) is 12.6. The second-order valence-electron chi connectivity index (χ2n) is 4.92. The molecule has 116 valence electrons. The van der Waals surface area contributed by atoms with Crippen LogP contribution < -0.4 is 14.2 Å². The number of benzene rings is 2. The third kappa shape index (κ3) is 2.90. The zero-order chi connectivity index (χ0) is 15.7. The van der Waals surface area contributed by atoms with E-state index in [1.54, 1.807) is 25.1 Å². The molecule has 0 radical (unpaired) electrons. The van der Waals surface area contributed by atoms with E-state index in [4.69, 9.17) is 9.47 Å². The van der Waals surface area contributed by atoms with E-state index < -0.39 is 15.8 Å². The molecule has 3 rings (SSSR count). The molecule has 0 fully saturated rings. The van der Waals surface area contributed by atoms with Crippen molar-refractivity contribution in [1.29, 1.82) is 0 Å². The van der Waals surface area contributed by atoms with Gasteiger partial charge in [0.1, 0.15) is 5.82 Å². The standard InChI is InChI=1S/C15H14FNO4S/c1-10-2-4-12(7-13(10)16)22(18,19)17-8-11-3-5-14-15(6-11)21-9-20-14/h2-7,17H,8-9H2,1H3. The van der Waals surface area contributed by atoms with E-state index in [1.807, 2.05) is 0 Å². The smallest absolute Gasteiger partial charge is 0.240 e. The van der Waals surface area contributed by atoms with Gasteiger partial charge in [0.05, 0.1) is 4.90 Å². The van der Waals surface area contributed by atoms with Gasteiger partial charge in [-0.2, -0.15) is 0 Å². The Bertz CT molecular complexity index is 820. The molecule has 5 nitrogen and oxygen atoms in total. The summed E-state index contributed by atoms with van der Waals surface area (Å²) < 4.78 is 50.7. The van der Waals surface area contributed by atoms with Gasteiger partial charge >= 0.3 is 0 Å². The summed E-state index contributed by atoms with van der Waals surface area (Å²) in [6.07, 6.45) is 0. The summed E-state index contributed by atoms with van der Waals surface area (Å²) in [5, 5.41) is 0. The number of hydrogen-bond donors (Lipinski definition) is 1. The van der Waals surface area contributed by atoms with Crippen LogP contribution in [0.2, 0.25) is 0 Å². The van der Waals surface area contributed by atoms with Crippen LogP contribution in [0, 0.1) is 12.7 Å². The molecule has 0 atom stereocenters. The number of aryl methyl sites for hydroxylation is 1. The summed E-state index contributed by atoms with van der Waals surface area (Å²) in [6, 6.07) is 8.99. The van der Waals surface area contributed by atoms with E-state index in [9.17, 15) is 12.8 Å². The van der Waals surface area contributed by atoms with Crippen molar-refractivity contribution in [3.63, 3.8) is 0 Å². The molecular weight excluding hydrogens is 309 g/mol. The van der Waals surface area contributed by atoms with E-state index in [0.717, 1.165) is 11.6 Å². The van der Waals surface area contributed by atoms with Crippen LogP contribution in [0.5, 0.6) is 11.5 Å². The number of sulfonamides is 1. The summed E-state index contributed by atoms with van der Waals surface area (Å²) in [6.45, 7) is 1.81. The average molecular weight is 323 g/mol.